The van der Waals surface area contributed by atoms with E-state index in [0.717, 1.165) is 19.4 Å². The van der Waals surface area contributed by atoms with Crippen molar-refractivity contribution in [1.29, 1.82) is 0 Å². The van der Waals surface area contributed by atoms with Crippen LogP contribution in [0.25, 0.3) is 0 Å². The Morgan fingerprint density at radius 3 is 2.52 bits per heavy atom. The number of amides is 1. The summed E-state index contributed by atoms with van der Waals surface area (Å²) in [5.41, 5.74) is -0.410. The van der Waals surface area contributed by atoms with E-state index in [1.807, 2.05) is 25.7 Å². The molecular weight excluding hydrogens is 282 g/mol. The molecule has 1 amide bonds. The Morgan fingerprint density at radius 2 is 2.00 bits per heavy atom. The number of hydrogen-bond acceptors (Lipinski definition) is 3. The summed E-state index contributed by atoms with van der Waals surface area (Å²) in [7, 11) is 0. The molecule has 0 bridgehead atoms. The van der Waals surface area contributed by atoms with Crippen molar-refractivity contribution < 1.29 is 9.53 Å². The Bertz CT molecular complexity index is 369. The van der Waals surface area contributed by atoms with E-state index in [1.165, 1.54) is 25.0 Å². The van der Waals surface area contributed by atoms with Crippen molar-refractivity contribution >= 4 is 17.9 Å². The Morgan fingerprint density at radius 1 is 1.29 bits per heavy atom. The van der Waals surface area contributed by atoms with Crippen molar-refractivity contribution in [2.45, 2.75) is 83.1 Å². The molecule has 4 heteroatoms. The molecule has 2 unspecified atom stereocenters. The largest absolute Gasteiger partial charge is 0.444 e. The van der Waals surface area contributed by atoms with E-state index in [2.05, 4.69) is 25.6 Å². The summed E-state index contributed by atoms with van der Waals surface area (Å²) in [6.07, 6.45) is 5.87. The zero-order valence-electron chi connectivity index (χ0n) is 14.3. The smallest absolute Gasteiger partial charge is 0.410 e. The van der Waals surface area contributed by atoms with Gasteiger partial charge in [0.25, 0.3) is 0 Å². The van der Waals surface area contributed by atoms with Crippen LogP contribution < -0.4 is 0 Å². The maximum atomic E-state index is 12.6. The SMILES string of the molecule is CC(C)C1(C2CCCCN2C(=O)OC(C)(C)C)CCCS1. The quantitative estimate of drug-likeness (QED) is 0.740. The highest BCUT2D eigenvalue weighted by molar-refractivity contribution is 8.01. The van der Waals surface area contributed by atoms with Crippen molar-refractivity contribution in [3.8, 4) is 0 Å². The number of piperidine rings is 1. The van der Waals surface area contributed by atoms with Gasteiger partial charge in [0.1, 0.15) is 5.60 Å². The standard InChI is InChI=1S/C17H31NO2S/c1-13(2)17(10-8-12-21-17)14-9-6-7-11-18(14)15(19)20-16(3,4)5/h13-14H,6-12H2,1-5H3. The van der Waals surface area contributed by atoms with E-state index >= 15 is 0 Å². The van der Waals surface area contributed by atoms with Crippen molar-refractivity contribution in [3.05, 3.63) is 0 Å². The van der Waals surface area contributed by atoms with Gasteiger partial charge in [-0.25, -0.2) is 4.79 Å². The number of hydrogen-bond donors (Lipinski definition) is 0. The summed E-state index contributed by atoms with van der Waals surface area (Å²) in [6.45, 7) is 11.3. The zero-order valence-corrected chi connectivity index (χ0v) is 15.1. The second kappa shape index (κ2) is 6.39. The first-order chi connectivity index (χ1) is 9.76. The van der Waals surface area contributed by atoms with Crippen LogP contribution in [0.2, 0.25) is 0 Å². The Kier molecular flexibility index (Phi) is 5.17. The summed E-state index contributed by atoms with van der Waals surface area (Å²) < 4.78 is 5.90. The fourth-order valence-corrected chi connectivity index (χ4v) is 5.49. The molecule has 2 fully saturated rings. The fraction of sp³-hybridized carbons (Fsp3) is 0.941. The van der Waals surface area contributed by atoms with Gasteiger partial charge in [0.15, 0.2) is 0 Å². The lowest BCUT2D eigenvalue weighted by molar-refractivity contribution is 0.00144. The second-order valence-electron chi connectivity index (χ2n) is 7.75. The lowest BCUT2D eigenvalue weighted by atomic mass is 9.79. The molecule has 2 heterocycles. The van der Waals surface area contributed by atoms with Gasteiger partial charge in [-0.3, -0.25) is 0 Å². The molecule has 2 aliphatic rings. The Balaban J connectivity index is 2.20. The molecule has 0 N–H and O–H groups in total. The van der Waals surface area contributed by atoms with Gasteiger partial charge in [-0.1, -0.05) is 13.8 Å². The van der Waals surface area contributed by atoms with E-state index < -0.39 is 5.60 Å². The summed E-state index contributed by atoms with van der Waals surface area (Å²) >= 11 is 2.09. The molecule has 21 heavy (non-hydrogen) atoms. The van der Waals surface area contributed by atoms with Crippen LogP contribution in [0.5, 0.6) is 0 Å². The number of carbonyl (C=O) groups is 1. The minimum absolute atomic E-state index is 0.111. The number of likely N-dealkylation sites (tertiary alicyclic amines) is 1. The first kappa shape index (κ1) is 17.0. The van der Waals surface area contributed by atoms with Gasteiger partial charge in [0.2, 0.25) is 0 Å². The van der Waals surface area contributed by atoms with Crippen molar-refractivity contribution in [2.75, 3.05) is 12.3 Å². The van der Waals surface area contributed by atoms with E-state index in [4.69, 9.17) is 4.74 Å². The highest BCUT2D eigenvalue weighted by Crippen LogP contribution is 2.50. The van der Waals surface area contributed by atoms with E-state index in [-0.39, 0.29) is 10.8 Å². The molecular formula is C17H31NO2S. The predicted octanol–water partition coefficient (Wildman–Crippen LogP) is 4.70. The third-order valence-electron chi connectivity index (χ3n) is 4.75. The van der Waals surface area contributed by atoms with Crippen LogP contribution in [-0.4, -0.2) is 39.7 Å². The summed E-state index contributed by atoms with van der Waals surface area (Å²) in [5.74, 6) is 1.83. The molecule has 0 aromatic rings. The lowest BCUT2D eigenvalue weighted by Crippen LogP contribution is -2.57. The molecule has 0 radical (unpaired) electrons. The van der Waals surface area contributed by atoms with E-state index in [1.54, 1.807) is 0 Å². The first-order valence-corrected chi connectivity index (χ1v) is 9.38. The molecule has 2 atom stereocenters. The Labute approximate surface area is 134 Å². The summed E-state index contributed by atoms with van der Waals surface area (Å²) in [6, 6.07) is 0.341. The van der Waals surface area contributed by atoms with Crippen LogP contribution in [0.3, 0.4) is 0 Å². The maximum Gasteiger partial charge on any atom is 0.410 e. The van der Waals surface area contributed by atoms with Crippen LogP contribution in [0.15, 0.2) is 0 Å². The molecule has 122 valence electrons. The molecule has 2 saturated heterocycles. The minimum Gasteiger partial charge on any atom is -0.444 e. The third-order valence-corrected chi connectivity index (χ3v) is 6.73. The number of carbonyl (C=O) groups excluding carboxylic acids is 1. The fourth-order valence-electron chi connectivity index (χ4n) is 3.76. The first-order valence-electron chi connectivity index (χ1n) is 8.40. The van der Waals surface area contributed by atoms with Gasteiger partial charge in [0.05, 0.1) is 0 Å². The van der Waals surface area contributed by atoms with Crippen molar-refractivity contribution in [3.63, 3.8) is 0 Å². The number of rotatable bonds is 2. The van der Waals surface area contributed by atoms with E-state index in [0.29, 0.717) is 12.0 Å². The van der Waals surface area contributed by atoms with Gasteiger partial charge < -0.3 is 9.64 Å². The normalized spacial score (nSPS) is 30.8. The van der Waals surface area contributed by atoms with Gasteiger partial charge >= 0.3 is 6.09 Å². The van der Waals surface area contributed by atoms with Crippen LogP contribution >= 0.6 is 11.8 Å². The minimum atomic E-state index is -0.410. The van der Waals surface area contributed by atoms with Crippen molar-refractivity contribution in [2.24, 2.45) is 5.92 Å². The summed E-state index contributed by atoms with van der Waals surface area (Å²) in [4.78, 5) is 14.7. The number of thioether (sulfide) groups is 1. The second-order valence-corrected chi connectivity index (χ2v) is 9.20. The van der Waals surface area contributed by atoms with Crippen LogP contribution in [-0.2, 0) is 4.74 Å². The highest BCUT2D eigenvalue weighted by atomic mass is 32.2. The van der Waals surface area contributed by atoms with E-state index in [9.17, 15) is 4.79 Å². The molecule has 2 rings (SSSR count). The predicted molar refractivity (Wildman–Crippen MR) is 89.8 cm³/mol. The maximum absolute atomic E-state index is 12.6. The van der Waals surface area contributed by atoms with Gasteiger partial charge in [-0.15, -0.1) is 0 Å². The van der Waals surface area contributed by atoms with Crippen LogP contribution in [0.1, 0.15) is 66.7 Å². The van der Waals surface area contributed by atoms with Gasteiger partial charge in [-0.2, -0.15) is 11.8 Å². The number of nitrogens with zero attached hydrogens (tertiary/aromatic N) is 1. The molecule has 0 aromatic carbocycles. The number of ether oxygens (including phenoxy) is 1. The lowest BCUT2D eigenvalue weighted by Gasteiger charge is -2.48. The Hall–Kier alpha value is -0.380. The molecule has 0 aromatic heterocycles. The average molecular weight is 314 g/mol. The van der Waals surface area contributed by atoms with Gasteiger partial charge in [-0.05, 0) is 64.5 Å². The van der Waals surface area contributed by atoms with Crippen molar-refractivity contribution in [1.82, 2.24) is 4.90 Å². The molecule has 3 nitrogen and oxygen atoms in total. The molecule has 0 spiro atoms. The highest BCUT2D eigenvalue weighted by Gasteiger charge is 2.49. The topological polar surface area (TPSA) is 29.5 Å². The monoisotopic (exact) mass is 313 g/mol. The molecule has 0 aliphatic carbocycles. The van der Waals surface area contributed by atoms with Crippen LogP contribution in [0.4, 0.5) is 4.79 Å². The third kappa shape index (κ3) is 3.69. The average Bonchev–Trinajstić information content (AvgIpc) is 2.87. The summed E-state index contributed by atoms with van der Waals surface area (Å²) in [5, 5.41) is 0. The molecule has 0 saturated carbocycles. The molecule has 2 aliphatic heterocycles. The van der Waals surface area contributed by atoms with Gasteiger partial charge in [0, 0.05) is 17.3 Å². The zero-order chi connectivity index (χ0) is 15.7. The van der Waals surface area contributed by atoms with Crippen LogP contribution in [0, 0.1) is 5.92 Å².